The van der Waals surface area contributed by atoms with E-state index in [0.29, 0.717) is 6.54 Å². The number of likely N-dealkylation sites (N-methyl/N-ethyl adjacent to an activating group) is 1. The van der Waals surface area contributed by atoms with Crippen LogP contribution in [-0.4, -0.2) is 52.9 Å². The van der Waals surface area contributed by atoms with Crippen molar-refractivity contribution in [3.05, 3.63) is 23.8 Å². The summed E-state index contributed by atoms with van der Waals surface area (Å²) in [7, 11) is 3.82. The number of carbonyl (C=O) groups excluding carboxylic acids is 1. The van der Waals surface area contributed by atoms with Crippen LogP contribution in [0.5, 0.6) is 0 Å². The number of aryl methyl sites for hydroxylation is 1. The minimum absolute atomic E-state index is 0.0531. The highest BCUT2D eigenvalue weighted by atomic mass is 16.2. The molecule has 1 aromatic rings. The molecule has 5 heteroatoms. The Morgan fingerprint density at radius 3 is 3.00 bits per heavy atom. The van der Waals surface area contributed by atoms with Gasteiger partial charge in [0, 0.05) is 18.4 Å². The van der Waals surface area contributed by atoms with E-state index in [2.05, 4.69) is 9.97 Å². The van der Waals surface area contributed by atoms with Gasteiger partial charge in [0.2, 0.25) is 5.91 Å². The Labute approximate surface area is 108 Å². The topological polar surface area (TPSA) is 49.3 Å². The lowest BCUT2D eigenvalue weighted by molar-refractivity contribution is -0.132. The molecular formula is C13H20N4O. The summed E-state index contributed by atoms with van der Waals surface area (Å²) in [4.78, 5) is 24.7. The van der Waals surface area contributed by atoms with Crippen LogP contribution >= 0.6 is 0 Å². The summed E-state index contributed by atoms with van der Waals surface area (Å²) in [5.74, 6) is 0.937. The number of amides is 1. The van der Waals surface area contributed by atoms with Crippen LogP contribution in [-0.2, 0) is 4.79 Å². The van der Waals surface area contributed by atoms with E-state index < -0.39 is 0 Å². The van der Waals surface area contributed by atoms with E-state index in [0.717, 1.165) is 30.9 Å². The summed E-state index contributed by atoms with van der Waals surface area (Å²) in [5, 5.41) is 0. The number of nitrogens with zero attached hydrogens (tertiary/aromatic N) is 4. The molecule has 5 nitrogen and oxygen atoms in total. The fourth-order valence-electron chi connectivity index (χ4n) is 2.32. The first kappa shape index (κ1) is 13.0. The highest BCUT2D eigenvalue weighted by Crippen LogP contribution is 2.29. The predicted octanol–water partition coefficient (Wildman–Crippen LogP) is 1.01. The molecule has 1 fully saturated rings. The van der Waals surface area contributed by atoms with Gasteiger partial charge in [-0.05, 0) is 39.9 Å². The lowest BCUT2D eigenvalue weighted by Crippen LogP contribution is -2.37. The first-order valence-electron chi connectivity index (χ1n) is 6.31. The third kappa shape index (κ3) is 2.85. The van der Waals surface area contributed by atoms with Crippen LogP contribution in [0.25, 0.3) is 0 Å². The average Bonchev–Trinajstić information content (AvgIpc) is 2.76. The van der Waals surface area contributed by atoms with E-state index in [9.17, 15) is 4.79 Å². The Kier molecular flexibility index (Phi) is 3.91. The van der Waals surface area contributed by atoms with Crippen molar-refractivity contribution in [2.24, 2.45) is 0 Å². The van der Waals surface area contributed by atoms with Crippen LogP contribution in [0.4, 0.5) is 0 Å². The minimum atomic E-state index is 0.0531. The summed E-state index contributed by atoms with van der Waals surface area (Å²) in [5.41, 5.74) is 0.951. The second-order valence-corrected chi connectivity index (χ2v) is 5.04. The van der Waals surface area contributed by atoms with E-state index >= 15 is 0 Å². The summed E-state index contributed by atoms with van der Waals surface area (Å²) in [6, 6.07) is 1.93. The van der Waals surface area contributed by atoms with Crippen molar-refractivity contribution >= 4 is 5.91 Å². The van der Waals surface area contributed by atoms with Crippen molar-refractivity contribution in [2.45, 2.75) is 25.8 Å². The third-order valence-electron chi connectivity index (χ3n) is 3.14. The van der Waals surface area contributed by atoms with Gasteiger partial charge in [-0.15, -0.1) is 0 Å². The molecule has 1 saturated heterocycles. The van der Waals surface area contributed by atoms with Crippen molar-refractivity contribution < 1.29 is 4.79 Å². The molecule has 2 rings (SSSR count). The Hall–Kier alpha value is -1.49. The van der Waals surface area contributed by atoms with E-state index in [4.69, 9.17) is 0 Å². The first-order chi connectivity index (χ1) is 8.58. The lowest BCUT2D eigenvalue weighted by atomic mass is 10.2. The second-order valence-electron chi connectivity index (χ2n) is 5.04. The van der Waals surface area contributed by atoms with Crippen LogP contribution in [0.3, 0.4) is 0 Å². The number of carbonyl (C=O) groups is 1. The van der Waals surface area contributed by atoms with E-state index in [-0.39, 0.29) is 11.9 Å². The maximum absolute atomic E-state index is 12.2. The normalized spacial score (nSPS) is 19.6. The first-order valence-corrected chi connectivity index (χ1v) is 6.31. The zero-order chi connectivity index (χ0) is 13.1. The fraction of sp³-hybridized carbons (Fsp3) is 0.615. The standard InChI is InChI=1S/C13H20N4O/c1-10-6-7-14-13(15-10)11-5-4-8-17(11)12(18)9-16(2)3/h6-7,11H,4-5,8-9H2,1-3H3/t11-/m1/s1. The summed E-state index contributed by atoms with van der Waals surface area (Å²) in [6.07, 6.45) is 3.76. The van der Waals surface area contributed by atoms with Crippen LogP contribution in [0, 0.1) is 6.92 Å². The van der Waals surface area contributed by atoms with Crippen molar-refractivity contribution in [1.29, 1.82) is 0 Å². The smallest absolute Gasteiger partial charge is 0.237 e. The molecule has 98 valence electrons. The van der Waals surface area contributed by atoms with Crippen molar-refractivity contribution in [1.82, 2.24) is 19.8 Å². The van der Waals surface area contributed by atoms with Crippen LogP contribution in [0.2, 0.25) is 0 Å². The number of hydrogen-bond acceptors (Lipinski definition) is 4. The fourth-order valence-corrected chi connectivity index (χ4v) is 2.32. The van der Waals surface area contributed by atoms with Crippen molar-refractivity contribution in [3.8, 4) is 0 Å². The van der Waals surface area contributed by atoms with Gasteiger partial charge in [-0.1, -0.05) is 0 Å². The van der Waals surface area contributed by atoms with E-state index in [1.165, 1.54) is 0 Å². The van der Waals surface area contributed by atoms with Crippen molar-refractivity contribution in [2.75, 3.05) is 27.2 Å². The zero-order valence-electron chi connectivity index (χ0n) is 11.3. The SMILES string of the molecule is Cc1ccnc([C@H]2CCCN2C(=O)CN(C)C)n1. The number of rotatable bonds is 3. The molecule has 1 aliphatic rings. The van der Waals surface area contributed by atoms with Gasteiger partial charge < -0.3 is 9.80 Å². The molecule has 0 bridgehead atoms. The molecule has 0 saturated carbocycles. The molecular weight excluding hydrogens is 228 g/mol. The molecule has 0 N–H and O–H groups in total. The van der Waals surface area contributed by atoms with Gasteiger partial charge in [-0.25, -0.2) is 9.97 Å². The molecule has 1 amide bonds. The number of likely N-dealkylation sites (tertiary alicyclic amines) is 1. The summed E-state index contributed by atoms with van der Waals surface area (Å²) >= 11 is 0. The van der Waals surface area contributed by atoms with Gasteiger partial charge >= 0.3 is 0 Å². The summed E-state index contributed by atoms with van der Waals surface area (Å²) < 4.78 is 0. The van der Waals surface area contributed by atoms with Gasteiger partial charge in [0.15, 0.2) is 5.82 Å². The van der Waals surface area contributed by atoms with Crippen LogP contribution < -0.4 is 0 Å². The molecule has 1 aromatic heterocycles. The lowest BCUT2D eigenvalue weighted by Gasteiger charge is -2.25. The van der Waals surface area contributed by atoms with Gasteiger partial charge in [0.05, 0.1) is 12.6 Å². The molecule has 18 heavy (non-hydrogen) atoms. The number of hydrogen-bond donors (Lipinski definition) is 0. The molecule has 0 unspecified atom stereocenters. The highest BCUT2D eigenvalue weighted by Gasteiger charge is 2.31. The van der Waals surface area contributed by atoms with E-state index in [1.807, 2.05) is 36.9 Å². The maximum Gasteiger partial charge on any atom is 0.237 e. The van der Waals surface area contributed by atoms with Gasteiger partial charge in [-0.3, -0.25) is 4.79 Å². The molecule has 1 aliphatic heterocycles. The third-order valence-corrected chi connectivity index (χ3v) is 3.14. The Bertz CT molecular complexity index is 433. The van der Waals surface area contributed by atoms with Gasteiger partial charge in [0.25, 0.3) is 0 Å². The molecule has 0 radical (unpaired) electrons. The van der Waals surface area contributed by atoms with Gasteiger partial charge in [-0.2, -0.15) is 0 Å². The molecule has 1 atom stereocenters. The minimum Gasteiger partial charge on any atom is -0.331 e. The molecule has 0 aromatic carbocycles. The number of aromatic nitrogens is 2. The average molecular weight is 248 g/mol. The summed E-state index contributed by atoms with van der Waals surface area (Å²) in [6.45, 7) is 3.21. The monoisotopic (exact) mass is 248 g/mol. The largest absolute Gasteiger partial charge is 0.331 e. The predicted molar refractivity (Wildman–Crippen MR) is 69.0 cm³/mol. The van der Waals surface area contributed by atoms with Gasteiger partial charge in [0.1, 0.15) is 0 Å². The zero-order valence-corrected chi connectivity index (χ0v) is 11.3. The quantitative estimate of drug-likeness (QED) is 0.801. The van der Waals surface area contributed by atoms with Crippen LogP contribution in [0.15, 0.2) is 12.3 Å². The molecule has 0 spiro atoms. The second kappa shape index (κ2) is 5.44. The highest BCUT2D eigenvalue weighted by molar-refractivity contribution is 5.78. The Morgan fingerprint density at radius 1 is 1.56 bits per heavy atom. The van der Waals surface area contributed by atoms with E-state index in [1.54, 1.807) is 6.20 Å². The Morgan fingerprint density at radius 2 is 2.33 bits per heavy atom. The maximum atomic E-state index is 12.2. The molecule has 2 heterocycles. The molecule has 0 aliphatic carbocycles. The van der Waals surface area contributed by atoms with Crippen LogP contribution in [0.1, 0.15) is 30.4 Å². The Balaban J connectivity index is 2.14. The van der Waals surface area contributed by atoms with Crippen molar-refractivity contribution in [3.63, 3.8) is 0 Å².